The number of fused-ring (bicyclic) bond motifs is 1. The third kappa shape index (κ3) is 2.56. The molecule has 0 saturated carbocycles. The molecule has 0 bridgehead atoms. The van der Waals surface area contributed by atoms with E-state index in [1.165, 1.54) is 5.56 Å². The number of piperidine rings is 1. The monoisotopic (exact) mass is 259 g/mol. The van der Waals surface area contributed by atoms with Gasteiger partial charge in [0.1, 0.15) is 0 Å². The molecule has 19 heavy (non-hydrogen) atoms. The fraction of sp³-hybridized carbons (Fsp3) is 0.571. The molecule has 0 aromatic carbocycles. The van der Waals surface area contributed by atoms with E-state index in [2.05, 4.69) is 47.3 Å². The van der Waals surface area contributed by atoms with Crippen LogP contribution in [0.5, 0.6) is 0 Å². The maximum atomic E-state index is 4.54. The summed E-state index contributed by atoms with van der Waals surface area (Å²) in [5, 5.41) is 7.94. The molecule has 2 aromatic rings. The van der Waals surface area contributed by atoms with Crippen molar-refractivity contribution in [3.8, 4) is 0 Å². The Morgan fingerprint density at radius 3 is 3.05 bits per heavy atom. The number of aryl methyl sites for hydroxylation is 1. The summed E-state index contributed by atoms with van der Waals surface area (Å²) in [6.07, 6.45) is 4.25. The van der Waals surface area contributed by atoms with Crippen LogP contribution in [0, 0.1) is 6.92 Å². The van der Waals surface area contributed by atoms with Gasteiger partial charge in [0.05, 0.1) is 0 Å². The average Bonchev–Trinajstić information content (AvgIpc) is 2.75. The minimum absolute atomic E-state index is 0.477. The van der Waals surface area contributed by atoms with Crippen molar-refractivity contribution < 1.29 is 0 Å². The number of rotatable bonds is 2. The first-order valence-electron chi connectivity index (χ1n) is 6.91. The van der Waals surface area contributed by atoms with E-state index in [0.717, 1.165) is 31.0 Å². The molecule has 2 atom stereocenters. The van der Waals surface area contributed by atoms with Gasteiger partial charge in [0, 0.05) is 24.8 Å². The molecule has 0 amide bonds. The van der Waals surface area contributed by atoms with Gasteiger partial charge in [0.2, 0.25) is 5.95 Å². The minimum Gasteiger partial charge on any atom is -0.350 e. The first kappa shape index (κ1) is 12.4. The summed E-state index contributed by atoms with van der Waals surface area (Å²) in [6.45, 7) is 5.47. The second kappa shape index (κ2) is 4.81. The van der Waals surface area contributed by atoms with Crippen LogP contribution in [-0.2, 0) is 0 Å². The number of nitrogens with zero attached hydrogens (tertiary/aromatic N) is 4. The molecular weight excluding hydrogens is 238 g/mol. The van der Waals surface area contributed by atoms with E-state index in [1.807, 2.05) is 16.8 Å². The van der Waals surface area contributed by atoms with Crippen molar-refractivity contribution >= 4 is 11.6 Å². The maximum Gasteiger partial charge on any atom is 0.243 e. The molecule has 2 aromatic heterocycles. The Morgan fingerprint density at radius 2 is 2.26 bits per heavy atom. The lowest BCUT2D eigenvalue weighted by Crippen LogP contribution is -2.42. The summed E-state index contributed by atoms with van der Waals surface area (Å²) in [5.74, 6) is 0.743. The highest BCUT2D eigenvalue weighted by atomic mass is 15.3. The number of hydrogen-bond donors (Lipinski definition) is 1. The molecule has 102 valence electrons. The van der Waals surface area contributed by atoms with E-state index in [-0.39, 0.29) is 0 Å². The summed E-state index contributed by atoms with van der Waals surface area (Å²) >= 11 is 0. The van der Waals surface area contributed by atoms with Crippen molar-refractivity contribution in [3.05, 3.63) is 23.9 Å². The van der Waals surface area contributed by atoms with Crippen molar-refractivity contribution in [2.24, 2.45) is 0 Å². The summed E-state index contributed by atoms with van der Waals surface area (Å²) in [7, 11) is 2.19. The summed E-state index contributed by atoms with van der Waals surface area (Å²) in [5.41, 5.74) is 2.11. The van der Waals surface area contributed by atoms with Crippen molar-refractivity contribution in [1.82, 2.24) is 19.5 Å². The molecule has 3 rings (SSSR count). The Morgan fingerprint density at radius 1 is 1.42 bits per heavy atom. The van der Waals surface area contributed by atoms with E-state index in [1.54, 1.807) is 0 Å². The number of anilines is 1. The predicted molar refractivity (Wildman–Crippen MR) is 76.5 cm³/mol. The Balaban J connectivity index is 1.74. The molecule has 1 aliphatic heterocycles. The van der Waals surface area contributed by atoms with Gasteiger partial charge >= 0.3 is 0 Å². The van der Waals surface area contributed by atoms with Crippen LogP contribution in [0.1, 0.15) is 25.3 Å². The summed E-state index contributed by atoms with van der Waals surface area (Å²) in [4.78, 5) is 6.94. The lowest BCUT2D eigenvalue weighted by atomic mass is 9.99. The van der Waals surface area contributed by atoms with Crippen molar-refractivity contribution in [3.63, 3.8) is 0 Å². The fourth-order valence-corrected chi connectivity index (χ4v) is 2.65. The summed E-state index contributed by atoms with van der Waals surface area (Å²) in [6, 6.07) is 5.19. The number of aromatic nitrogens is 3. The molecule has 0 aliphatic carbocycles. The quantitative estimate of drug-likeness (QED) is 0.895. The van der Waals surface area contributed by atoms with E-state index in [4.69, 9.17) is 0 Å². The van der Waals surface area contributed by atoms with Crippen LogP contribution >= 0.6 is 0 Å². The van der Waals surface area contributed by atoms with Crippen LogP contribution in [0.25, 0.3) is 5.65 Å². The third-order valence-corrected chi connectivity index (χ3v) is 4.03. The van der Waals surface area contributed by atoms with Crippen LogP contribution in [0.4, 0.5) is 5.95 Å². The molecule has 5 heteroatoms. The highest BCUT2D eigenvalue weighted by molar-refractivity contribution is 5.45. The molecule has 0 radical (unpaired) electrons. The zero-order chi connectivity index (χ0) is 13.4. The SMILES string of the molecule is Cc1ccn2nc(NC3CCN(C)C(C)C3)nc2c1. The van der Waals surface area contributed by atoms with Crippen LogP contribution in [-0.4, -0.2) is 45.2 Å². The van der Waals surface area contributed by atoms with E-state index in [9.17, 15) is 0 Å². The largest absolute Gasteiger partial charge is 0.350 e. The van der Waals surface area contributed by atoms with Gasteiger partial charge in [-0.3, -0.25) is 0 Å². The number of hydrogen-bond acceptors (Lipinski definition) is 4. The zero-order valence-electron chi connectivity index (χ0n) is 11.8. The van der Waals surface area contributed by atoms with Crippen LogP contribution in [0.15, 0.2) is 18.3 Å². The molecule has 1 saturated heterocycles. The van der Waals surface area contributed by atoms with Gasteiger partial charge in [-0.2, -0.15) is 4.98 Å². The summed E-state index contributed by atoms with van der Waals surface area (Å²) < 4.78 is 1.83. The third-order valence-electron chi connectivity index (χ3n) is 4.03. The highest BCUT2D eigenvalue weighted by Crippen LogP contribution is 2.18. The van der Waals surface area contributed by atoms with Crippen molar-refractivity contribution in [2.45, 2.75) is 38.8 Å². The van der Waals surface area contributed by atoms with E-state index in [0.29, 0.717) is 12.1 Å². The van der Waals surface area contributed by atoms with Crippen molar-refractivity contribution in [2.75, 3.05) is 18.9 Å². The second-order valence-corrected chi connectivity index (χ2v) is 5.64. The molecule has 1 fully saturated rings. The first-order chi connectivity index (χ1) is 9.11. The van der Waals surface area contributed by atoms with Crippen LogP contribution in [0.2, 0.25) is 0 Å². The molecule has 1 aliphatic rings. The molecule has 0 spiro atoms. The standard InChI is InChI=1S/C14H21N5/c1-10-4-7-19-13(8-10)16-14(17-19)15-12-5-6-18(3)11(2)9-12/h4,7-8,11-12H,5-6,9H2,1-3H3,(H,15,17). The Bertz CT molecular complexity index is 576. The maximum absolute atomic E-state index is 4.54. The van der Waals surface area contributed by atoms with Gasteiger partial charge in [-0.15, -0.1) is 5.10 Å². The second-order valence-electron chi connectivity index (χ2n) is 5.64. The molecular formula is C14H21N5. The van der Waals surface area contributed by atoms with Gasteiger partial charge in [0.25, 0.3) is 0 Å². The fourth-order valence-electron chi connectivity index (χ4n) is 2.65. The molecule has 1 N–H and O–H groups in total. The Kier molecular flexibility index (Phi) is 3.14. The first-order valence-corrected chi connectivity index (χ1v) is 6.91. The Labute approximate surface area is 113 Å². The number of pyridine rings is 1. The molecule has 3 heterocycles. The Hall–Kier alpha value is -1.62. The smallest absolute Gasteiger partial charge is 0.243 e. The zero-order valence-corrected chi connectivity index (χ0v) is 11.8. The van der Waals surface area contributed by atoms with Gasteiger partial charge in [-0.1, -0.05) is 0 Å². The average molecular weight is 259 g/mol. The van der Waals surface area contributed by atoms with Crippen LogP contribution < -0.4 is 5.32 Å². The molecule has 5 nitrogen and oxygen atoms in total. The topological polar surface area (TPSA) is 45.5 Å². The lowest BCUT2D eigenvalue weighted by Gasteiger charge is -2.35. The minimum atomic E-state index is 0.477. The number of nitrogens with one attached hydrogen (secondary N) is 1. The van der Waals surface area contributed by atoms with Gasteiger partial charge in [-0.25, -0.2) is 4.52 Å². The normalized spacial score (nSPS) is 24.8. The van der Waals surface area contributed by atoms with Gasteiger partial charge < -0.3 is 10.2 Å². The number of likely N-dealkylation sites (tertiary alicyclic amines) is 1. The highest BCUT2D eigenvalue weighted by Gasteiger charge is 2.23. The molecule has 2 unspecified atom stereocenters. The predicted octanol–water partition coefficient (Wildman–Crippen LogP) is 1.93. The van der Waals surface area contributed by atoms with Gasteiger partial charge in [0.15, 0.2) is 5.65 Å². The van der Waals surface area contributed by atoms with Crippen LogP contribution in [0.3, 0.4) is 0 Å². The van der Waals surface area contributed by atoms with E-state index >= 15 is 0 Å². The lowest BCUT2D eigenvalue weighted by molar-refractivity contribution is 0.190. The van der Waals surface area contributed by atoms with Crippen molar-refractivity contribution in [1.29, 1.82) is 0 Å². The van der Waals surface area contributed by atoms with Gasteiger partial charge in [-0.05, 0) is 51.4 Å². The van der Waals surface area contributed by atoms with E-state index < -0.39 is 0 Å².